The molecular weight excluding hydrogens is 296 g/mol. The summed E-state index contributed by atoms with van der Waals surface area (Å²) in [5, 5.41) is 18.3. The standard InChI is InChI=1S/2C2H5NO2.Mo.2NO/c2*3-1-2(4)5;;2*1-2/h2*1,3H2,(H,4,5);;;/q;;+4;;/p-2. The summed E-state index contributed by atoms with van der Waals surface area (Å²) in [5.74, 6) is -2.44. The molecule has 0 saturated heterocycles. The first kappa shape index (κ1) is 29.2. The van der Waals surface area contributed by atoms with E-state index in [4.69, 9.17) is 40.8 Å². The van der Waals surface area contributed by atoms with Gasteiger partial charge in [-0.1, -0.05) is 0 Å². The van der Waals surface area contributed by atoms with Gasteiger partial charge in [-0.3, -0.25) is 0 Å². The Labute approximate surface area is 98.8 Å². The summed E-state index contributed by atoms with van der Waals surface area (Å²) in [6, 6.07) is 0. The molecule has 0 aromatic rings. The number of carboxylic acids is 2. The van der Waals surface area contributed by atoms with E-state index in [1.54, 1.807) is 0 Å². The van der Waals surface area contributed by atoms with Gasteiger partial charge in [-0.05, 0) is 0 Å². The number of hydrogen-bond acceptors (Lipinski definition) is 8. The summed E-state index contributed by atoms with van der Waals surface area (Å²) in [4.78, 5) is 32.8. The first-order valence-corrected chi connectivity index (χ1v) is 2.71. The predicted octanol–water partition coefficient (Wildman–Crippen LogP) is -5.51. The van der Waals surface area contributed by atoms with Gasteiger partial charge in [0.15, 0.2) is 0 Å². The van der Waals surface area contributed by atoms with Crippen molar-refractivity contribution in [3.05, 3.63) is 9.81 Å². The van der Waals surface area contributed by atoms with Gasteiger partial charge < -0.3 is 31.3 Å². The molecule has 0 aromatic carbocycles. The van der Waals surface area contributed by atoms with Crippen molar-refractivity contribution < 1.29 is 40.9 Å². The maximum Gasteiger partial charge on any atom is 4.00 e. The molecule has 0 spiro atoms. The molecule has 0 fully saturated rings. The number of carbonyl (C=O) groups excluding carboxylic acids is 2. The van der Waals surface area contributed by atoms with Crippen molar-refractivity contribution in [1.82, 2.24) is 11.2 Å². The number of aliphatic carboxylic acids is 2. The molecule has 0 heterocycles. The van der Waals surface area contributed by atoms with Crippen LogP contribution in [-0.4, -0.2) is 25.0 Å². The van der Waals surface area contributed by atoms with Crippen molar-refractivity contribution in [3.63, 3.8) is 0 Å². The van der Waals surface area contributed by atoms with Crippen LogP contribution in [0.15, 0.2) is 0 Å². The van der Waals surface area contributed by atoms with Crippen molar-refractivity contribution in [2.45, 2.75) is 0 Å². The number of nitrogens with zero attached hydrogens (tertiary/aromatic N) is 2. The molecule has 0 saturated carbocycles. The van der Waals surface area contributed by atoms with Gasteiger partial charge in [0.1, 0.15) is 11.2 Å². The van der Waals surface area contributed by atoms with Gasteiger partial charge >= 0.3 is 21.1 Å². The second kappa shape index (κ2) is 38.6. The van der Waals surface area contributed by atoms with Crippen LogP contribution in [0.4, 0.5) is 0 Å². The van der Waals surface area contributed by atoms with E-state index in [-0.39, 0.29) is 34.2 Å². The van der Waals surface area contributed by atoms with Crippen molar-refractivity contribution in [2.24, 2.45) is 11.5 Å². The van der Waals surface area contributed by atoms with E-state index in [1.165, 1.54) is 0 Å². The molecule has 0 aliphatic heterocycles. The molecule has 0 aliphatic carbocycles. The van der Waals surface area contributed by atoms with Crippen LogP contribution in [0.5, 0.6) is 0 Å². The summed E-state index contributed by atoms with van der Waals surface area (Å²) in [7, 11) is 0. The van der Waals surface area contributed by atoms with E-state index >= 15 is 0 Å². The van der Waals surface area contributed by atoms with E-state index in [2.05, 4.69) is 11.5 Å². The summed E-state index contributed by atoms with van der Waals surface area (Å²) in [6.45, 7) is -0.778. The Bertz CT molecular complexity index is 131. The smallest absolute Gasteiger partial charge is 0.549 e. The van der Waals surface area contributed by atoms with Gasteiger partial charge in [0.05, 0.1) is 11.9 Å². The van der Waals surface area contributed by atoms with Gasteiger partial charge in [0.2, 0.25) is 0 Å². The van der Waals surface area contributed by atoms with Crippen molar-refractivity contribution in [2.75, 3.05) is 13.1 Å². The fourth-order valence-corrected chi connectivity index (χ4v) is 0. The van der Waals surface area contributed by atoms with Crippen molar-refractivity contribution in [1.29, 1.82) is 0 Å². The predicted molar refractivity (Wildman–Crippen MR) is 39.1 cm³/mol. The molecule has 10 nitrogen and oxygen atoms in total. The second-order valence-corrected chi connectivity index (χ2v) is 1.15. The third-order valence-electron chi connectivity index (χ3n) is 0.333. The molecule has 15 heavy (non-hydrogen) atoms. The van der Waals surface area contributed by atoms with E-state index in [0.717, 1.165) is 0 Å². The average Bonchev–Trinajstić information content (AvgIpc) is 2.24. The minimum absolute atomic E-state index is 0. The average molecular weight is 304 g/mol. The van der Waals surface area contributed by atoms with Crippen molar-refractivity contribution in [3.8, 4) is 0 Å². The molecular formula is C4H8MoN4O6+2. The SMILES string of the molecule is NCC(=O)[O-].NCC(=O)[O-].[Mo+4].[N]=O.[N]=O. The number of carbonyl (C=O) groups is 2. The minimum atomic E-state index is -1.22. The molecule has 0 bridgehead atoms. The van der Waals surface area contributed by atoms with E-state index < -0.39 is 11.9 Å². The van der Waals surface area contributed by atoms with Crippen LogP contribution in [0.3, 0.4) is 0 Å². The maximum atomic E-state index is 9.13. The first-order chi connectivity index (χ1) is 6.54. The molecule has 0 aliphatic rings. The molecule has 4 N–H and O–H groups in total. The third kappa shape index (κ3) is 195. The minimum Gasteiger partial charge on any atom is -0.549 e. The van der Waals surface area contributed by atoms with E-state index in [1.807, 2.05) is 0 Å². The van der Waals surface area contributed by atoms with Gasteiger partial charge in [-0.25, -0.2) is 0 Å². The number of rotatable bonds is 2. The fraction of sp³-hybridized carbons (Fsp3) is 0.500. The van der Waals surface area contributed by atoms with Crippen LogP contribution in [0, 0.1) is 9.81 Å². The maximum absolute atomic E-state index is 9.13. The fourth-order valence-electron chi connectivity index (χ4n) is 0. The first-order valence-electron chi connectivity index (χ1n) is 2.71. The van der Waals surface area contributed by atoms with Gasteiger partial charge in [-0.15, -0.1) is 9.81 Å². The number of nitroso groups, excluding NO2 is 2. The van der Waals surface area contributed by atoms with Gasteiger partial charge in [-0.2, -0.15) is 0 Å². The molecule has 2 radical (unpaired) electrons. The Morgan fingerprint density at radius 1 is 0.867 bits per heavy atom. The Morgan fingerprint density at radius 3 is 0.933 bits per heavy atom. The normalized spacial score (nSPS) is 5.47. The van der Waals surface area contributed by atoms with Crippen molar-refractivity contribution >= 4 is 11.9 Å². The molecule has 0 amide bonds. The van der Waals surface area contributed by atoms with Gasteiger partial charge in [0.25, 0.3) is 0 Å². The molecule has 11 heteroatoms. The molecule has 84 valence electrons. The largest absolute Gasteiger partial charge is 4.00 e. The zero-order chi connectivity index (χ0) is 12.6. The number of hydrogen-bond donors (Lipinski definition) is 2. The Morgan fingerprint density at radius 2 is 0.933 bits per heavy atom. The van der Waals surface area contributed by atoms with Crippen LogP contribution in [0.2, 0.25) is 0 Å². The Hall–Kier alpha value is -1.25. The van der Waals surface area contributed by atoms with Crippen LogP contribution >= 0.6 is 0 Å². The molecule has 0 atom stereocenters. The van der Waals surface area contributed by atoms with E-state index in [0.29, 0.717) is 0 Å². The summed E-state index contributed by atoms with van der Waals surface area (Å²) < 4.78 is 0. The van der Waals surface area contributed by atoms with Gasteiger partial charge in [0, 0.05) is 13.1 Å². The monoisotopic (exact) mass is 306 g/mol. The van der Waals surface area contributed by atoms with Crippen LogP contribution in [0.25, 0.3) is 0 Å². The summed E-state index contributed by atoms with van der Waals surface area (Å²) >= 11 is 0. The van der Waals surface area contributed by atoms with Crippen LogP contribution in [0.1, 0.15) is 0 Å². The summed E-state index contributed by atoms with van der Waals surface area (Å²) in [5.41, 5.74) is 20.5. The van der Waals surface area contributed by atoms with Crippen LogP contribution in [-0.2, 0) is 30.7 Å². The number of nitrogens with two attached hydrogens (primary N) is 2. The Balaban J connectivity index is -0.0000000318. The Kier molecular flexibility index (Phi) is 75.2. The topological polar surface area (TPSA) is 211 Å². The zero-order valence-electron chi connectivity index (χ0n) is 7.32. The zero-order valence-corrected chi connectivity index (χ0v) is 9.33. The molecule has 0 aromatic heterocycles. The third-order valence-corrected chi connectivity index (χ3v) is 0.333. The summed E-state index contributed by atoms with van der Waals surface area (Å²) in [6.07, 6.45) is 0. The second-order valence-electron chi connectivity index (χ2n) is 1.15. The molecule has 0 unspecified atom stereocenters. The number of carboxylic acid groups (broad SMARTS) is 2. The molecule has 0 rings (SSSR count). The quantitative estimate of drug-likeness (QED) is 0.468. The van der Waals surface area contributed by atoms with Crippen LogP contribution < -0.4 is 32.9 Å². The van der Waals surface area contributed by atoms with E-state index in [9.17, 15) is 0 Å².